The number of nitrogens with zero attached hydrogens (tertiary/aromatic N) is 4. The van der Waals surface area contributed by atoms with E-state index in [2.05, 4.69) is 50.0 Å². The summed E-state index contributed by atoms with van der Waals surface area (Å²) in [6, 6.07) is 8.15. The molecular formula is C14H20N6. The first-order valence-electron chi connectivity index (χ1n) is 7.07. The van der Waals surface area contributed by atoms with Crippen LogP contribution in [0, 0.1) is 5.92 Å². The van der Waals surface area contributed by atoms with E-state index in [4.69, 9.17) is 0 Å². The number of aromatic amines is 1. The second kappa shape index (κ2) is 6.00. The van der Waals surface area contributed by atoms with Crippen molar-refractivity contribution < 1.29 is 0 Å². The fourth-order valence-corrected chi connectivity index (χ4v) is 2.75. The Bertz CT molecular complexity index is 538. The highest BCUT2D eigenvalue weighted by Crippen LogP contribution is 2.20. The van der Waals surface area contributed by atoms with Gasteiger partial charge in [0.2, 0.25) is 5.82 Å². The minimum atomic E-state index is 0.631. The lowest BCUT2D eigenvalue weighted by atomic mass is 9.98. The van der Waals surface area contributed by atoms with Gasteiger partial charge in [-0.1, -0.05) is 12.1 Å². The largest absolute Gasteiger partial charge is 0.385 e. The molecule has 20 heavy (non-hydrogen) atoms. The highest BCUT2D eigenvalue weighted by Gasteiger charge is 2.16. The SMILES string of the molecule is CN1CCCC(CNc2cccc(-c3nn[nH]n3)c2)C1. The summed E-state index contributed by atoms with van der Waals surface area (Å²) >= 11 is 0. The van der Waals surface area contributed by atoms with Gasteiger partial charge in [-0.2, -0.15) is 5.21 Å². The molecule has 2 heterocycles. The maximum absolute atomic E-state index is 4.01. The highest BCUT2D eigenvalue weighted by atomic mass is 15.5. The van der Waals surface area contributed by atoms with Gasteiger partial charge in [0.05, 0.1) is 0 Å². The first-order valence-corrected chi connectivity index (χ1v) is 7.07. The Labute approximate surface area is 118 Å². The lowest BCUT2D eigenvalue weighted by Gasteiger charge is -2.30. The number of nitrogens with one attached hydrogen (secondary N) is 2. The molecule has 1 aliphatic rings. The molecule has 0 spiro atoms. The first-order chi connectivity index (χ1) is 9.81. The van der Waals surface area contributed by atoms with Crippen LogP contribution >= 0.6 is 0 Å². The zero-order valence-corrected chi connectivity index (χ0v) is 11.7. The summed E-state index contributed by atoms with van der Waals surface area (Å²) in [5.74, 6) is 1.36. The summed E-state index contributed by atoms with van der Waals surface area (Å²) in [6.45, 7) is 3.42. The predicted octanol–water partition coefficient (Wildman–Crippen LogP) is 1.62. The Hall–Kier alpha value is -1.95. The molecule has 1 aromatic heterocycles. The van der Waals surface area contributed by atoms with Crippen LogP contribution in [0.4, 0.5) is 5.69 Å². The standard InChI is InChI=1S/C14H20N6/c1-20-7-3-4-11(10-20)9-15-13-6-2-5-12(8-13)14-16-18-19-17-14/h2,5-6,8,11,15H,3-4,7,9-10H2,1H3,(H,16,17,18,19). The van der Waals surface area contributed by atoms with E-state index < -0.39 is 0 Å². The molecule has 106 valence electrons. The molecule has 2 N–H and O–H groups in total. The van der Waals surface area contributed by atoms with Crippen molar-refractivity contribution in [2.45, 2.75) is 12.8 Å². The van der Waals surface area contributed by atoms with Crippen molar-refractivity contribution in [1.29, 1.82) is 0 Å². The van der Waals surface area contributed by atoms with E-state index in [1.54, 1.807) is 0 Å². The van der Waals surface area contributed by atoms with E-state index in [-0.39, 0.29) is 0 Å². The molecule has 1 aliphatic heterocycles. The van der Waals surface area contributed by atoms with E-state index in [1.165, 1.54) is 25.9 Å². The van der Waals surface area contributed by atoms with E-state index in [1.807, 2.05) is 12.1 Å². The van der Waals surface area contributed by atoms with Crippen LogP contribution in [-0.4, -0.2) is 52.2 Å². The lowest BCUT2D eigenvalue weighted by molar-refractivity contribution is 0.217. The monoisotopic (exact) mass is 272 g/mol. The average Bonchev–Trinajstić information content (AvgIpc) is 3.00. The van der Waals surface area contributed by atoms with Gasteiger partial charge < -0.3 is 10.2 Å². The number of tetrazole rings is 1. The van der Waals surface area contributed by atoms with Crippen LogP contribution < -0.4 is 5.32 Å². The Morgan fingerprint density at radius 1 is 1.45 bits per heavy atom. The average molecular weight is 272 g/mol. The molecule has 6 nitrogen and oxygen atoms in total. The first kappa shape index (κ1) is 13.1. The molecule has 0 saturated carbocycles. The number of hydrogen-bond acceptors (Lipinski definition) is 5. The smallest absolute Gasteiger partial charge is 0.204 e. The molecule has 0 aliphatic carbocycles. The molecule has 0 bridgehead atoms. The Morgan fingerprint density at radius 3 is 3.20 bits per heavy atom. The fraction of sp³-hybridized carbons (Fsp3) is 0.500. The van der Waals surface area contributed by atoms with Crippen LogP contribution in [0.2, 0.25) is 0 Å². The number of H-pyrrole nitrogens is 1. The quantitative estimate of drug-likeness (QED) is 0.885. The fourth-order valence-electron chi connectivity index (χ4n) is 2.75. The Balaban J connectivity index is 1.61. The van der Waals surface area contributed by atoms with Gasteiger partial charge in [-0.25, -0.2) is 0 Å². The summed E-state index contributed by atoms with van der Waals surface area (Å²) in [7, 11) is 2.20. The molecule has 1 unspecified atom stereocenters. The maximum Gasteiger partial charge on any atom is 0.204 e. The summed E-state index contributed by atoms with van der Waals surface area (Å²) in [6.07, 6.45) is 2.60. The van der Waals surface area contributed by atoms with Crippen molar-refractivity contribution in [2.75, 3.05) is 32.0 Å². The molecule has 3 rings (SSSR count). The summed E-state index contributed by atoms with van der Waals surface area (Å²) < 4.78 is 0. The van der Waals surface area contributed by atoms with Crippen LogP contribution in [0.5, 0.6) is 0 Å². The second-order valence-corrected chi connectivity index (χ2v) is 5.47. The van der Waals surface area contributed by atoms with Crippen molar-refractivity contribution in [3.8, 4) is 11.4 Å². The zero-order valence-electron chi connectivity index (χ0n) is 11.7. The summed E-state index contributed by atoms with van der Waals surface area (Å²) in [5.41, 5.74) is 2.09. The Morgan fingerprint density at radius 2 is 2.40 bits per heavy atom. The molecule has 2 aromatic rings. The molecule has 0 amide bonds. The number of likely N-dealkylation sites (tertiary alicyclic amines) is 1. The van der Waals surface area contributed by atoms with E-state index >= 15 is 0 Å². The van der Waals surface area contributed by atoms with Crippen molar-refractivity contribution >= 4 is 5.69 Å². The van der Waals surface area contributed by atoms with Gasteiger partial charge in [0, 0.05) is 24.3 Å². The second-order valence-electron chi connectivity index (χ2n) is 5.47. The maximum atomic E-state index is 4.01. The molecule has 0 radical (unpaired) electrons. The van der Waals surface area contributed by atoms with Gasteiger partial charge in [-0.05, 0) is 49.7 Å². The van der Waals surface area contributed by atoms with Crippen LogP contribution in [0.15, 0.2) is 24.3 Å². The summed E-state index contributed by atoms with van der Waals surface area (Å²) in [4.78, 5) is 2.41. The number of hydrogen-bond donors (Lipinski definition) is 2. The number of anilines is 1. The minimum absolute atomic E-state index is 0.631. The minimum Gasteiger partial charge on any atom is -0.385 e. The number of piperidine rings is 1. The van der Waals surface area contributed by atoms with Crippen molar-refractivity contribution in [1.82, 2.24) is 25.5 Å². The molecule has 6 heteroatoms. The van der Waals surface area contributed by atoms with Gasteiger partial charge in [0.25, 0.3) is 0 Å². The number of aromatic nitrogens is 4. The van der Waals surface area contributed by atoms with Crippen LogP contribution in [-0.2, 0) is 0 Å². The van der Waals surface area contributed by atoms with Crippen LogP contribution in [0.1, 0.15) is 12.8 Å². The van der Waals surface area contributed by atoms with Gasteiger partial charge in [0.1, 0.15) is 0 Å². The number of rotatable bonds is 4. The zero-order chi connectivity index (χ0) is 13.8. The van der Waals surface area contributed by atoms with E-state index in [0.29, 0.717) is 5.82 Å². The van der Waals surface area contributed by atoms with Gasteiger partial charge in [-0.3, -0.25) is 0 Å². The van der Waals surface area contributed by atoms with Gasteiger partial charge >= 0.3 is 0 Å². The third kappa shape index (κ3) is 3.14. The molecule has 1 fully saturated rings. The molecule has 1 aromatic carbocycles. The van der Waals surface area contributed by atoms with Crippen LogP contribution in [0.25, 0.3) is 11.4 Å². The topological polar surface area (TPSA) is 69.7 Å². The molecule has 1 atom stereocenters. The number of benzene rings is 1. The molecular weight excluding hydrogens is 252 g/mol. The van der Waals surface area contributed by atoms with Crippen molar-refractivity contribution in [3.63, 3.8) is 0 Å². The Kier molecular flexibility index (Phi) is 3.92. The predicted molar refractivity (Wildman–Crippen MR) is 78.3 cm³/mol. The van der Waals surface area contributed by atoms with Crippen molar-refractivity contribution in [2.24, 2.45) is 5.92 Å². The third-order valence-electron chi connectivity index (χ3n) is 3.78. The molecule has 1 saturated heterocycles. The third-order valence-corrected chi connectivity index (χ3v) is 3.78. The summed E-state index contributed by atoms with van der Waals surface area (Å²) in [5, 5.41) is 17.6. The normalized spacial score (nSPS) is 19.9. The lowest BCUT2D eigenvalue weighted by Crippen LogP contribution is -2.35. The van der Waals surface area contributed by atoms with Crippen molar-refractivity contribution in [3.05, 3.63) is 24.3 Å². The van der Waals surface area contributed by atoms with Gasteiger partial charge in [0.15, 0.2) is 0 Å². The van der Waals surface area contributed by atoms with Gasteiger partial charge in [-0.15, -0.1) is 10.2 Å². The van der Waals surface area contributed by atoms with E-state index in [0.717, 1.165) is 23.7 Å². The van der Waals surface area contributed by atoms with Crippen LogP contribution in [0.3, 0.4) is 0 Å². The van der Waals surface area contributed by atoms with E-state index in [9.17, 15) is 0 Å². The highest BCUT2D eigenvalue weighted by molar-refractivity contribution is 5.61.